The van der Waals surface area contributed by atoms with E-state index in [0.717, 1.165) is 13.0 Å². The molecule has 2 aromatic rings. The highest BCUT2D eigenvalue weighted by molar-refractivity contribution is 7.07. The molecule has 1 heterocycles. The molecule has 1 aromatic carbocycles. The molecule has 0 bridgehead atoms. The molecule has 1 unspecified atom stereocenters. The van der Waals surface area contributed by atoms with Crippen LogP contribution in [-0.4, -0.2) is 11.5 Å². The molecule has 3 heteroatoms. The SMILES string of the molecule is CCCc1ccc(C(C)NCCc2cscn2)cc1. The van der Waals surface area contributed by atoms with Crippen LogP contribution in [-0.2, 0) is 12.8 Å². The molecule has 0 fully saturated rings. The molecular weight excluding hydrogens is 252 g/mol. The molecule has 0 spiro atoms. The molecule has 0 aliphatic heterocycles. The Bertz CT molecular complexity index is 462. The molecular formula is C16H22N2S. The molecule has 0 saturated carbocycles. The highest BCUT2D eigenvalue weighted by Gasteiger charge is 2.04. The molecule has 1 N–H and O–H groups in total. The van der Waals surface area contributed by atoms with Crippen LogP contribution in [0.3, 0.4) is 0 Å². The van der Waals surface area contributed by atoms with Gasteiger partial charge in [0.05, 0.1) is 11.2 Å². The Morgan fingerprint density at radius 1 is 1.21 bits per heavy atom. The fraction of sp³-hybridized carbons (Fsp3) is 0.438. The number of hydrogen-bond acceptors (Lipinski definition) is 3. The van der Waals surface area contributed by atoms with Gasteiger partial charge in [-0.15, -0.1) is 11.3 Å². The zero-order chi connectivity index (χ0) is 13.5. The number of thiazole rings is 1. The lowest BCUT2D eigenvalue weighted by molar-refractivity contribution is 0.574. The fourth-order valence-corrected chi connectivity index (χ4v) is 2.75. The van der Waals surface area contributed by atoms with Crippen molar-refractivity contribution >= 4 is 11.3 Å². The average Bonchev–Trinajstić information content (AvgIpc) is 2.93. The molecule has 1 aromatic heterocycles. The molecule has 1 atom stereocenters. The Labute approximate surface area is 119 Å². The van der Waals surface area contributed by atoms with E-state index in [1.54, 1.807) is 11.3 Å². The first-order chi connectivity index (χ1) is 9.29. The number of aromatic nitrogens is 1. The molecule has 2 rings (SSSR count). The smallest absolute Gasteiger partial charge is 0.0794 e. The largest absolute Gasteiger partial charge is 0.310 e. The number of nitrogens with one attached hydrogen (secondary N) is 1. The Morgan fingerprint density at radius 3 is 2.63 bits per heavy atom. The van der Waals surface area contributed by atoms with Crippen molar-refractivity contribution in [2.45, 2.75) is 39.2 Å². The van der Waals surface area contributed by atoms with Crippen LogP contribution in [0.15, 0.2) is 35.2 Å². The van der Waals surface area contributed by atoms with Crippen molar-refractivity contribution in [1.29, 1.82) is 0 Å². The third-order valence-corrected chi connectivity index (χ3v) is 3.97. The van der Waals surface area contributed by atoms with Crippen molar-refractivity contribution in [2.24, 2.45) is 0 Å². The number of aryl methyl sites for hydroxylation is 1. The zero-order valence-electron chi connectivity index (χ0n) is 11.7. The van der Waals surface area contributed by atoms with Crippen LogP contribution in [0.4, 0.5) is 0 Å². The minimum Gasteiger partial charge on any atom is -0.310 e. The maximum atomic E-state index is 4.30. The minimum atomic E-state index is 0.398. The highest BCUT2D eigenvalue weighted by Crippen LogP contribution is 2.14. The van der Waals surface area contributed by atoms with Crippen molar-refractivity contribution in [2.75, 3.05) is 6.54 Å². The van der Waals surface area contributed by atoms with E-state index >= 15 is 0 Å². The summed E-state index contributed by atoms with van der Waals surface area (Å²) in [7, 11) is 0. The van der Waals surface area contributed by atoms with Gasteiger partial charge in [0.1, 0.15) is 0 Å². The predicted octanol–water partition coefficient (Wildman–Crippen LogP) is 3.99. The van der Waals surface area contributed by atoms with E-state index in [4.69, 9.17) is 0 Å². The third kappa shape index (κ3) is 4.44. The third-order valence-electron chi connectivity index (χ3n) is 3.33. The summed E-state index contributed by atoms with van der Waals surface area (Å²) in [6.07, 6.45) is 3.38. The van der Waals surface area contributed by atoms with Gasteiger partial charge in [-0.1, -0.05) is 37.6 Å². The van der Waals surface area contributed by atoms with E-state index < -0.39 is 0 Å². The monoisotopic (exact) mass is 274 g/mol. The molecule has 2 nitrogen and oxygen atoms in total. The second kappa shape index (κ2) is 7.41. The Hall–Kier alpha value is -1.19. The maximum Gasteiger partial charge on any atom is 0.0794 e. The predicted molar refractivity (Wildman–Crippen MR) is 82.7 cm³/mol. The molecule has 0 amide bonds. The summed E-state index contributed by atoms with van der Waals surface area (Å²) in [6.45, 7) is 5.41. The topological polar surface area (TPSA) is 24.9 Å². The normalized spacial score (nSPS) is 12.5. The standard InChI is InChI=1S/C16H22N2S/c1-3-4-14-5-7-15(8-6-14)13(2)17-10-9-16-11-19-12-18-16/h5-8,11-13,17H,3-4,9-10H2,1-2H3. The molecule has 0 saturated heterocycles. The van der Waals surface area contributed by atoms with Crippen molar-refractivity contribution in [3.8, 4) is 0 Å². The van der Waals surface area contributed by atoms with Gasteiger partial charge < -0.3 is 5.32 Å². The lowest BCUT2D eigenvalue weighted by atomic mass is 10.0. The lowest BCUT2D eigenvalue weighted by Gasteiger charge is -2.14. The molecule has 19 heavy (non-hydrogen) atoms. The van der Waals surface area contributed by atoms with Crippen LogP contribution in [0.25, 0.3) is 0 Å². The van der Waals surface area contributed by atoms with Crippen molar-refractivity contribution < 1.29 is 0 Å². The van der Waals surface area contributed by atoms with Gasteiger partial charge in [0.15, 0.2) is 0 Å². The van der Waals surface area contributed by atoms with Gasteiger partial charge in [0.2, 0.25) is 0 Å². The average molecular weight is 274 g/mol. The minimum absolute atomic E-state index is 0.398. The van der Waals surface area contributed by atoms with E-state index in [0.29, 0.717) is 6.04 Å². The van der Waals surface area contributed by atoms with Gasteiger partial charge in [0, 0.05) is 24.4 Å². The van der Waals surface area contributed by atoms with E-state index in [1.807, 2.05) is 5.51 Å². The van der Waals surface area contributed by atoms with Crippen LogP contribution in [0.2, 0.25) is 0 Å². The summed E-state index contributed by atoms with van der Waals surface area (Å²) in [5, 5.41) is 5.67. The fourth-order valence-electron chi connectivity index (χ4n) is 2.16. The Kier molecular flexibility index (Phi) is 5.55. The molecule has 102 valence electrons. The van der Waals surface area contributed by atoms with Crippen molar-refractivity contribution in [1.82, 2.24) is 10.3 Å². The van der Waals surface area contributed by atoms with Crippen LogP contribution in [0.1, 0.15) is 43.1 Å². The zero-order valence-corrected chi connectivity index (χ0v) is 12.5. The number of nitrogens with zero attached hydrogens (tertiary/aromatic N) is 1. The molecule has 0 radical (unpaired) electrons. The quantitative estimate of drug-likeness (QED) is 0.826. The van der Waals surface area contributed by atoms with Crippen LogP contribution >= 0.6 is 11.3 Å². The number of benzene rings is 1. The second-order valence-electron chi connectivity index (χ2n) is 4.90. The summed E-state index contributed by atoms with van der Waals surface area (Å²) >= 11 is 1.66. The summed E-state index contributed by atoms with van der Waals surface area (Å²) < 4.78 is 0. The molecule has 0 aliphatic rings. The first kappa shape index (κ1) is 14.2. The first-order valence-corrected chi connectivity index (χ1v) is 7.93. The number of hydrogen-bond donors (Lipinski definition) is 1. The van der Waals surface area contributed by atoms with Crippen LogP contribution < -0.4 is 5.32 Å². The Morgan fingerprint density at radius 2 is 2.00 bits per heavy atom. The summed E-state index contributed by atoms with van der Waals surface area (Å²) in [5.74, 6) is 0. The van der Waals surface area contributed by atoms with Gasteiger partial charge in [-0.05, 0) is 24.5 Å². The van der Waals surface area contributed by atoms with Crippen molar-refractivity contribution in [3.63, 3.8) is 0 Å². The van der Waals surface area contributed by atoms with Gasteiger partial charge in [-0.3, -0.25) is 0 Å². The van der Waals surface area contributed by atoms with Crippen molar-refractivity contribution in [3.05, 3.63) is 52.0 Å². The van der Waals surface area contributed by atoms with Gasteiger partial charge in [0.25, 0.3) is 0 Å². The van der Waals surface area contributed by atoms with E-state index in [2.05, 4.69) is 53.8 Å². The van der Waals surface area contributed by atoms with Crippen LogP contribution in [0, 0.1) is 0 Å². The second-order valence-corrected chi connectivity index (χ2v) is 5.62. The van der Waals surface area contributed by atoms with Crippen LogP contribution in [0.5, 0.6) is 0 Å². The first-order valence-electron chi connectivity index (χ1n) is 6.99. The summed E-state index contributed by atoms with van der Waals surface area (Å²) in [6, 6.07) is 9.38. The summed E-state index contributed by atoms with van der Waals surface area (Å²) in [5.41, 5.74) is 5.87. The van der Waals surface area contributed by atoms with Gasteiger partial charge >= 0.3 is 0 Å². The number of rotatable bonds is 7. The van der Waals surface area contributed by atoms with E-state index in [9.17, 15) is 0 Å². The summed E-state index contributed by atoms with van der Waals surface area (Å²) in [4.78, 5) is 4.30. The van der Waals surface area contributed by atoms with E-state index in [1.165, 1.54) is 29.7 Å². The molecule has 0 aliphatic carbocycles. The highest BCUT2D eigenvalue weighted by atomic mass is 32.1. The Balaban J connectivity index is 1.80. The van der Waals surface area contributed by atoms with E-state index in [-0.39, 0.29) is 0 Å². The maximum absolute atomic E-state index is 4.30. The van der Waals surface area contributed by atoms with Gasteiger partial charge in [-0.25, -0.2) is 4.98 Å². The van der Waals surface area contributed by atoms with Gasteiger partial charge in [-0.2, -0.15) is 0 Å². The lowest BCUT2D eigenvalue weighted by Crippen LogP contribution is -2.21.